The third-order valence-corrected chi connectivity index (χ3v) is 3.72. The maximum absolute atomic E-state index is 12.1. The van der Waals surface area contributed by atoms with E-state index < -0.39 is 5.97 Å². The molecule has 0 spiro atoms. The Kier molecular flexibility index (Phi) is 3.31. The number of para-hydroxylation sites is 1. The first-order chi connectivity index (χ1) is 9.66. The summed E-state index contributed by atoms with van der Waals surface area (Å²) in [5.74, 6) is -0.773. The number of hydrogen-bond donors (Lipinski definition) is 2. The second-order valence-corrected chi connectivity index (χ2v) is 5.13. The quantitative estimate of drug-likeness (QED) is 0.888. The maximum atomic E-state index is 12.1. The van der Waals surface area contributed by atoms with Crippen LogP contribution in [0.15, 0.2) is 23.0 Å². The zero-order valence-corrected chi connectivity index (χ0v) is 11.0. The highest BCUT2D eigenvalue weighted by molar-refractivity contribution is 6.01. The molecule has 1 aliphatic rings. The van der Waals surface area contributed by atoms with E-state index in [2.05, 4.69) is 4.98 Å². The summed E-state index contributed by atoms with van der Waals surface area (Å²) < 4.78 is 6.94. The number of fused-ring (bicyclic) bond motifs is 1. The first kappa shape index (κ1) is 12.9. The number of carboxylic acid groups (broad SMARTS) is 1. The molecule has 3 rings (SSSR count). The van der Waals surface area contributed by atoms with Crippen LogP contribution in [0.25, 0.3) is 11.0 Å². The molecule has 6 heteroatoms. The van der Waals surface area contributed by atoms with Crippen molar-refractivity contribution in [3.8, 4) is 0 Å². The number of nitrogens with one attached hydrogen (secondary N) is 1. The summed E-state index contributed by atoms with van der Waals surface area (Å²) in [5, 5.41) is 9.27. The van der Waals surface area contributed by atoms with Gasteiger partial charge in [0.25, 0.3) is 0 Å². The van der Waals surface area contributed by atoms with E-state index in [1.54, 1.807) is 12.1 Å². The number of imidazole rings is 1. The lowest BCUT2D eigenvalue weighted by Gasteiger charge is -2.22. The Morgan fingerprint density at radius 2 is 2.35 bits per heavy atom. The molecule has 2 N–H and O–H groups in total. The molecule has 0 aliphatic carbocycles. The Hall–Kier alpha value is -2.08. The molecule has 0 saturated carbocycles. The van der Waals surface area contributed by atoms with Crippen LogP contribution in [-0.2, 0) is 11.3 Å². The summed E-state index contributed by atoms with van der Waals surface area (Å²) in [4.78, 5) is 26.1. The van der Waals surface area contributed by atoms with Gasteiger partial charge in [-0.15, -0.1) is 0 Å². The van der Waals surface area contributed by atoms with Gasteiger partial charge in [-0.3, -0.25) is 4.57 Å². The normalized spacial score (nSPS) is 19.3. The Morgan fingerprint density at radius 1 is 1.50 bits per heavy atom. The summed E-state index contributed by atoms with van der Waals surface area (Å²) in [6, 6.07) is 4.87. The highest BCUT2D eigenvalue weighted by atomic mass is 16.5. The molecule has 0 bridgehead atoms. The Balaban J connectivity index is 2.06. The number of benzene rings is 1. The molecule has 1 aliphatic heterocycles. The summed E-state index contributed by atoms with van der Waals surface area (Å²) in [6.45, 7) is 1.87. The lowest BCUT2D eigenvalue weighted by atomic mass is 10.0. The highest BCUT2D eigenvalue weighted by Gasteiger charge is 2.20. The molecule has 2 heterocycles. The van der Waals surface area contributed by atoms with Crippen molar-refractivity contribution in [3.05, 3.63) is 34.2 Å². The Bertz CT molecular complexity index is 695. The monoisotopic (exact) mass is 276 g/mol. The van der Waals surface area contributed by atoms with E-state index in [0.717, 1.165) is 19.4 Å². The van der Waals surface area contributed by atoms with Crippen molar-refractivity contribution in [3.63, 3.8) is 0 Å². The van der Waals surface area contributed by atoms with E-state index in [1.807, 2.05) is 0 Å². The van der Waals surface area contributed by atoms with Gasteiger partial charge < -0.3 is 14.8 Å². The van der Waals surface area contributed by atoms with Gasteiger partial charge in [-0.2, -0.15) is 0 Å². The fraction of sp³-hybridized carbons (Fsp3) is 0.429. The van der Waals surface area contributed by atoms with Gasteiger partial charge in [0.2, 0.25) is 0 Å². The average molecular weight is 276 g/mol. The van der Waals surface area contributed by atoms with Crippen LogP contribution in [0.2, 0.25) is 0 Å². The number of rotatable bonds is 3. The van der Waals surface area contributed by atoms with Crippen molar-refractivity contribution >= 4 is 17.0 Å². The number of carbonyl (C=O) groups is 1. The molecular formula is C14H16N2O4. The first-order valence-corrected chi connectivity index (χ1v) is 6.69. The van der Waals surface area contributed by atoms with Crippen LogP contribution in [0.1, 0.15) is 23.2 Å². The van der Waals surface area contributed by atoms with Crippen LogP contribution in [-0.4, -0.2) is 33.8 Å². The minimum Gasteiger partial charge on any atom is -0.478 e. The van der Waals surface area contributed by atoms with Crippen molar-refractivity contribution in [1.82, 2.24) is 9.55 Å². The standard InChI is InChI=1S/C14H16N2O4/c17-13(18)10-4-1-5-11-12(10)16(14(19)15-11)7-9-3-2-6-20-8-9/h1,4-5,9H,2-3,6-8H2,(H,15,19)(H,17,18). The number of ether oxygens (including phenoxy) is 1. The van der Waals surface area contributed by atoms with Crippen LogP contribution in [0.3, 0.4) is 0 Å². The van der Waals surface area contributed by atoms with Gasteiger partial charge >= 0.3 is 11.7 Å². The van der Waals surface area contributed by atoms with Crippen molar-refractivity contribution < 1.29 is 14.6 Å². The topological polar surface area (TPSA) is 84.3 Å². The van der Waals surface area contributed by atoms with Gasteiger partial charge in [0.1, 0.15) is 0 Å². The SMILES string of the molecule is O=C(O)c1cccc2[nH]c(=O)n(CC3CCCOC3)c12. The third-order valence-electron chi connectivity index (χ3n) is 3.72. The summed E-state index contributed by atoms with van der Waals surface area (Å²) in [5.41, 5.74) is 0.916. The van der Waals surface area contributed by atoms with Crippen LogP contribution in [0.5, 0.6) is 0 Å². The van der Waals surface area contributed by atoms with E-state index in [0.29, 0.717) is 24.2 Å². The zero-order valence-electron chi connectivity index (χ0n) is 11.0. The van der Waals surface area contributed by atoms with Crippen LogP contribution < -0.4 is 5.69 Å². The highest BCUT2D eigenvalue weighted by Crippen LogP contribution is 2.20. The van der Waals surface area contributed by atoms with Gasteiger partial charge in [0.05, 0.1) is 23.2 Å². The Labute approximate surface area is 115 Å². The molecule has 1 atom stereocenters. The lowest BCUT2D eigenvalue weighted by molar-refractivity contribution is 0.0484. The molecule has 1 aromatic carbocycles. The van der Waals surface area contributed by atoms with Crippen molar-refractivity contribution in [2.24, 2.45) is 5.92 Å². The number of carboxylic acids is 1. The number of H-pyrrole nitrogens is 1. The largest absolute Gasteiger partial charge is 0.478 e. The molecule has 1 saturated heterocycles. The summed E-state index contributed by atoms with van der Waals surface area (Å²) in [6.07, 6.45) is 1.97. The third kappa shape index (κ3) is 2.22. The predicted octanol–water partition coefficient (Wildman–Crippen LogP) is 1.45. The molecule has 6 nitrogen and oxygen atoms in total. The molecule has 1 aromatic heterocycles. The molecular weight excluding hydrogens is 260 g/mol. The van der Waals surface area contributed by atoms with E-state index in [9.17, 15) is 14.7 Å². The van der Waals surface area contributed by atoms with Crippen LogP contribution in [0.4, 0.5) is 0 Å². The van der Waals surface area contributed by atoms with Gasteiger partial charge in [-0.1, -0.05) is 6.07 Å². The predicted molar refractivity (Wildman–Crippen MR) is 73.1 cm³/mol. The number of aromatic amines is 1. The van der Waals surface area contributed by atoms with E-state index in [1.165, 1.54) is 10.6 Å². The van der Waals surface area contributed by atoms with Gasteiger partial charge in [-0.05, 0) is 25.0 Å². The van der Waals surface area contributed by atoms with Crippen molar-refractivity contribution in [1.29, 1.82) is 0 Å². The Morgan fingerprint density at radius 3 is 3.05 bits per heavy atom. The second kappa shape index (κ2) is 5.13. The lowest BCUT2D eigenvalue weighted by Crippen LogP contribution is -2.27. The fourth-order valence-corrected chi connectivity index (χ4v) is 2.78. The molecule has 0 radical (unpaired) electrons. The van der Waals surface area contributed by atoms with Gasteiger partial charge in [0, 0.05) is 19.1 Å². The number of aromatic carboxylic acids is 1. The molecule has 1 fully saturated rings. The molecule has 2 aromatic rings. The average Bonchev–Trinajstić information content (AvgIpc) is 2.76. The molecule has 1 unspecified atom stereocenters. The molecule has 20 heavy (non-hydrogen) atoms. The van der Waals surface area contributed by atoms with E-state index in [4.69, 9.17) is 4.74 Å². The zero-order chi connectivity index (χ0) is 14.1. The minimum atomic E-state index is -1.02. The summed E-state index contributed by atoms with van der Waals surface area (Å²) >= 11 is 0. The van der Waals surface area contributed by atoms with Crippen molar-refractivity contribution in [2.45, 2.75) is 19.4 Å². The van der Waals surface area contributed by atoms with Crippen LogP contribution >= 0.6 is 0 Å². The second-order valence-electron chi connectivity index (χ2n) is 5.13. The first-order valence-electron chi connectivity index (χ1n) is 6.69. The van der Waals surface area contributed by atoms with Crippen molar-refractivity contribution in [2.75, 3.05) is 13.2 Å². The molecule has 106 valence electrons. The van der Waals surface area contributed by atoms with E-state index >= 15 is 0 Å². The van der Waals surface area contributed by atoms with Gasteiger partial charge in [0.15, 0.2) is 0 Å². The van der Waals surface area contributed by atoms with E-state index in [-0.39, 0.29) is 17.2 Å². The number of aromatic nitrogens is 2. The smallest absolute Gasteiger partial charge is 0.337 e. The maximum Gasteiger partial charge on any atom is 0.337 e. The van der Waals surface area contributed by atoms with Gasteiger partial charge in [-0.25, -0.2) is 9.59 Å². The summed E-state index contributed by atoms with van der Waals surface area (Å²) in [7, 11) is 0. The number of hydrogen-bond acceptors (Lipinski definition) is 3. The molecule has 0 amide bonds. The minimum absolute atomic E-state index is 0.151. The fourth-order valence-electron chi connectivity index (χ4n) is 2.78. The van der Waals surface area contributed by atoms with Crippen LogP contribution in [0, 0.1) is 5.92 Å². The number of nitrogens with zero attached hydrogens (tertiary/aromatic N) is 1.